The van der Waals surface area contributed by atoms with E-state index in [1.165, 1.54) is 4.31 Å². The van der Waals surface area contributed by atoms with Gasteiger partial charge in [-0.25, -0.2) is 8.42 Å². The van der Waals surface area contributed by atoms with Gasteiger partial charge in [0.15, 0.2) is 0 Å². The molecule has 2 aromatic rings. The van der Waals surface area contributed by atoms with Crippen molar-refractivity contribution in [3.05, 3.63) is 59.6 Å². The molecule has 0 saturated carbocycles. The van der Waals surface area contributed by atoms with Crippen LogP contribution in [0, 0.1) is 0 Å². The lowest BCUT2D eigenvalue weighted by atomic mass is 10.1. The van der Waals surface area contributed by atoms with Crippen LogP contribution in [-0.2, 0) is 14.8 Å². The van der Waals surface area contributed by atoms with Crippen molar-refractivity contribution in [2.75, 3.05) is 41.6 Å². The van der Waals surface area contributed by atoms with Crippen molar-refractivity contribution in [1.82, 2.24) is 4.90 Å². The molecule has 1 atom stereocenters. The summed E-state index contributed by atoms with van der Waals surface area (Å²) in [5.74, 6) is -0.175. The molecule has 0 N–H and O–H groups in total. The molecule has 1 amide bonds. The second-order valence-electron chi connectivity index (χ2n) is 7.11. The van der Waals surface area contributed by atoms with Crippen LogP contribution in [0.4, 0.5) is 11.4 Å². The van der Waals surface area contributed by atoms with Crippen LogP contribution >= 0.6 is 11.6 Å². The molecular weight excluding hydrogens is 410 g/mol. The first kappa shape index (κ1) is 21.5. The fraction of sp³-hybridized carbons (Fsp3) is 0.381. The third kappa shape index (κ3) is 5.03. The summed E-state index contributed by atoms with van der Waals surface area (Å²) in [6.45, 7) is 4.35. The summed E-state index contributed by atoms with van der Waals surface area (Å²) in [7, 11) is -3.67. The number of anilines is 2. The fourth-order valence-electron chi connectivity index (χ4n) is 3.69. The second-order valence-corrected chi connectivity index (χ2v) is 9.41. The first-order valence-corrected chi connectivity index (χ1v) is 11.9. The van der Waals surface area contributed by atoms with Gasteiger partial charge in [-0.05, 0) is 36.8 Å². The average Bonchev–Trinajstić information content (AvgIpc) is 2.71. The Labute approximate surface area is 177 Å². The number of rotatable bonds is 6. The Morgan fingerprint density at radius 3 is 2.28 bits per heavy atom. The van der Waals surface area contributed by atoms with Gasteiger partial charge < -0.3 is 9.80 Å². The van der Waals surface area contributed by atoms with E-state index in [9.17, 15) is 13.2 Å². The van der Waals surface area contributed by atoms with Gasteiger partial charge in [-0.2, -0.15) is 0 Å². The normalized spacial score (nSPS) is 15.8. The van der Waals surface area contributed by atoms with Crippen LogP contribution in [0.15, 0.2) is 54.6 Å². The van der Waals surface area contributed by atoms with E-state index >= 15 is 0 Å². The largest absolute Gasteiger partial charge is 0.368 e. The summed E-state index contributed by atoms with van der Waals surface area (Å²) in [6.07, 6.45) is 1.49. The number of hydrogen-bond donors (Lipinski definition) is 0. The molecule has 1 heterocycles. The van der Waals surface area contributed by atoms with E-state index < -0.39 is 16.1 Å². The van der Waals surface area contributed by atoms with Gasteiger partial charge in [-0.15, -0.1) is 0 Å². The molecule has 6 nitrogen and oxygen atoms in total. The monoisotopic (exact) mass is 435 g/mol. The predicted octanol–water partition coefficient (Wildman–Crippen LogP) is 3.23. The number of piperazine rings is 1. The molecule has 0 bridgehead atoms. The van der Waals surface area contributed by atoms with Crippen molar-refractivity contribution < 1.29 is 13.2 Å². The standard InChI is InChI=1S/C21H26ClN3O3S/c1-3-20(25(29(2,27)28)19-11-7-8-17(22)16-19)21(26)24-14-12-23(13-15-24)18-9-5-4-6-10-18/h4-11,16,20H,3,12-15H2,1-2H3. The van der Waals surface area contributed by atoms with E-state index in [2.05, 4.69) is 17.0 Å². The highest BCUT2D eigenvalue weighted by molar-refractivity contribution is 7.92. The summed E-state index contributed by atoms with van der Waals surface area (Å²) in [5, 5.41) is 0.426. The summed E-state index contributed by atoms with van der Waals surface area (Å²) < 4.78 is 26.3. The Hall–Kier alpha value is -2.25. The number of amides is 1. The number of sulfonamides is 1. The Kier molecular flexibility index (Phi) is 6.70. The van der Waals surface area contributed by atoms with Crippen molar-refractivity contribution in [2.45, 2.75) is 19.4 Å². The van der Waals surface area contributed by atoms with Gasteiger partial charge in [-0.3, -0.25) is 9.10 Å². The number of benzene rings is 2. The molecule has 2 aromatic carbocycles. The molecule has 0 spiro atoms. The lowest BCUT2D eigenvalue weighted by Gasteiger charge is -2.39. The van der Waals surface area contributed by atoms with Crippen molar-refractivity contribution in [2.24, 2.45) is 0 Å². The zero-order chi connectivity index (χ0) is 21.0. The fourth-order valence-corrected chi connectivity index (χ4v) is 5.07. The van der Waals surface area contributed by atoms with Gasteiger partial charge in [-0.1, -0.05) is 42.8 Å². The highest BCUT2D eigenvalue weighted by atomic mass is 35.5. The van der Waals surface area contributed by atoms with Gasteiger partial charge >= 0.3 is 0 Å². The van der Waals surface area contributed by atoms with E-state index in [1.807, 2.05) is 25.1 Å². The Bertz CT molecular complexity index is 945. The lowest BCUT2D eigenvalue weighted by molar-refractivity contribution is -0.132. The van der Waals surface area contributed by atoms with E-state index in [0.717, 1.165) is 11.9 Å². The van der Waals surface area contributed by atoms with E-state index in [1.54, 1.807) is 29.2 Å². The topological polar surface area (TPSA) is 60.9 Å². The first-order valence-electron chi connectivity index (χ1n) is 9.65. The van der Waals surface area contributed by atoms with Crippen LogP contribution in [-0.4, -0.2) is 57.7 Å². The molecule has 156 valence electrons. The quantitative estimate of drug-likeness (QED) is 0.698. The average molecular weight is 436 g/mol. The van der Waals surface area contributed by atoms with Crippen LogP contribution in [0.3, 0.4) is 0 Å². The first-order chi connectivity index (χ1) is 13.8. The van der Waals surface area contributed by atoms with Gasteiger partial charge in [0.05, 0.1) is 11.9 Å². The minimum Gasteiger partial charge on any atom is -0.368 e. The third-order valence-corrected chi connectivity index (χ3v) is 6.50. The van der Waals surface area contributed by atoms with E-state index in [-0.39, 0.29) is 5.91 Å². The van der Waals surface area contributed by atoms with Crippen molar-refractivity contribution >= 4 is 38.9 Å². The van der Waals surface area contributed by atoms with Gasteiger partial charge in [0, 0.05) is 36.9 Å². The molecule has 1 aliphatic heterocycles. The number of nitrogens with zero attached hydrogens (tertiary/aromatic N) is 3. The Balaban J connectivity index is 1.78. The molecule has 1 saturated heterocycles. The van der Waals surface area contributed by atoms with Crippen LogP contribution < -0.4 is 9.21 Å². The maximum atomic E-state index is 13.3. The molecule has 1 fully saturated rings. The molecular formula is C21H26ClN3O3S. The Morgan fingerprint density at radius 2 is 1.72 bits per heavy atom. The molecule has 0 aliphatic carbocycles. The maximum Gasteiger partial charge on any atom is 0.246 e. The zero-order valence-corrected chi connectivity index (χ0v) is 18.2. The van der Waals surface area contributed by atoms with Crippen LogP contribution in [0.1, 0.15) is 13.3 Å². The molecule has 0 radical (unpaired) electrons. The smallest absolute Gasteiger partial charge is 0.246 e. The Morgan fingerprint density at radius 1 is 1.07 bits per heavy atom. The summed E-state index contributed by atoms with van der Waals surface area (Å²) in [6, 6.07) is 15.9. The zero-order valence-electron chi connectivity index (χ0n) is 16.7. The minimum absolute atomic E-state index is 0.175. The predicted molar refractivity (Wildman–Crippen MR) is 118 cm³/mol. The van der Waals surface area contributed by atoms with E-state index in [0.29, 0.717) is 43.3 Å². The summed E-state index contributed by atoms with van der Waals surface area (Å²) in [4.78, 5) is 17.3. The highest BCUT2D eigenvalue weighted by Gasteiger charge is 2.35. The second kappa shape index (κ2) is 9.05. The van der Waals surface area contributed by atoms with Crippen molar-refractivity contribution in [3.63, 3.8) is 0 Å². The number of carbonyl (C=O) groups excluding carboxylic acids is 1. The number of para-hydroxylation sites is 1. The highest BCUT2D eigenvalue weighted by Crippen LogP contribution is 2.26. The van der Waals surface area contributed by atoms with Gasteiger partial charge in [0.25, 0.3) is 0 Å². The number of halogens is 1. The number of hydrogen-bond acceptors (Lipinski definition) is 4. The lowest BCUT2D eigenvalue weighted by Crippen LogP contribution is -2.56. The SMILES string of the molecule is CCC(C(=O)N1CCN(c2ccccc2)CC1)N(c1cccc(Cl)c1)S(C)(=O)=O. The van der Waals surface area contributed by atoms with Crippen molar-refractivity contribution in [3.8, 4) is 0 Å². The van der Waals surface area contributed by atoms with E-state index in [4.69, 9.17) is 11.6 Å². The minimum atomic E-state index is -3.67. The van der Waals surface area contributed by atoms with Crippen LogP contribution in [0.2, 0.25) is 5.02 Å². The summed E-state index contributed by atoms with van der Waals surface area (Å²) >= 11 is 6.07. The molecule has 3 rings (SSSR count). The van der Waals surface area contributed by atoms with Crippen LogP contribution in [0.25, 0.3) is 0 Å². The van der Waals surface area contributed by atoms with Gasteiger partial charge in [0.2, 0.25) is 15.9 Å². The van der Waals surface area contributed by atoms with Gasteiger partial charge in [0.1, 0.15) is 6.04 Å². The molecule has 1 unspecified atom stereocenters. The maximum absolute atomic E-state index is 13.3. The number of carbonyl (C=O) groups is 1. The molecule has 29 heavy (non-hydrogen) atoms. The van der Waals surface area contributed by atoms with Crippen LogP contribution in [0.5, 0.6) is 0 Å². The summed E-state index contributed by atoms with van der Waals surface area (Å²) in [5.41, 5.74) is 1.53. The molecule has 0 aromatic heterocycles. The molecule has 1 aliphatic rings. The molecule has 8 heteroatoms. The van der Waals surface area contributed by atoms with Crippen molar-refractivity contribution in [1.29, 1.82) is 0 Å². The third-order valence-electron chi connectivity index (χ3n) is 5.09.